The van der Waals surface area contributed by atoms with Crippen molar-refractivity contribution in [3.8, 4) is 0 Å². The quantitative estimate of drug-likeness (QED) is 0.464. The molecular formula is C9H21ClN2. The summed E-state index contributed by atoms with van der Waals surface area (Å²) in [6.45, 7) is 3.34. The molecule has 0 aromatic rings. The van der Waals surface area contributed by atoms with E-state index in [1.54, 1.807) is 0 Å². The molecule has 0 radical (unpaired) electrons. The molecule has 0 atom stereocenters. The zero-order valence-electron chi connectivity index (χ0n) is 8.27. The van der Waals surface area contributed by atoms with Crippen LogP contribution in [0.5, 0.6) is 0 Å². The summed E-state index contributed by atoms with van der Waals surface area (Å²) in [5.41, 5.74) is 0. The van der Waals surface area contributed by atoms with Crippen LogP contribution in [0.1, 0.15) is 19.3 Å². The van der Waals surface area contributed by atoms with E-state index in [-0.39, 0.29) is 0 Å². The molecule has 0 aliphatic heterocycles. The Balaban J connectivity index is 2.82. The van der Waals surface area contributed by atoms with Crippen molar-refractivity contribution in [3.63, 3.8) is 0 Å². The van der Waals surface area contributed by atoms with Crippen LogP contribution in [0.15, 0.2) is 0 Å². The molecule has 0 rings (SSSR count). The predicted octanol–water partition coefficient (Wildman–Crippen LogP) is 1.55. The first-order chi connectivity index (χ1) is 5.77. The van der Waals surface area contributed by atoms with Gasteiger partial charge in [-0.05, 0) is 33.5 Å². The van der Waals surface area contributed by atoms with Gasteiger partial charge in [0.2, 0.25) is 0 Å². The number of hydrogen-bond donors (Lipinski definition) is 1. The van der Waals surface area contributed by atoms with Crippen LogP contribution in [0.4, 0.5) is 0 Å². The molecule has 0 aromatic heterocycles. The van der Waals surface area contributed by atoms with Gasteiger partial charge in [-0.25, -0.2) is 0 Å². The van der Waals surface area contributed by atoms with E-state index in [1.807, 2.05) is 0 Å². The minimum Gasteiger partial charge on any atom is -0.315 e. The van der Waals surface area contributed by atoms with Crippen molar-refractivity contribution in [1.29, 1.82) is 0 Å². The van der Waals surface area contributed by atoms with E-state index < -0.39 is 0 Å². The maximum atomic E-state index is 5.56. The van der Waals surface area contributed by atoms with Gasteiger partial charge in [-0.3, -0.25) is 0 Å². The highest BCUT2D eigenvalue weighted by atomic mass is 35.5. The second-order valence-electron chi connectivity index (χ2n) is 3.30. The molecular weight excluding hydrogens is 172 g/mol. The fraction of sp³-hybridized carbons (Fsp3) is 1.00. The molecule has 1 N–H and O–H groups in total. The fourth-order valence-electron chi connectivity index (χ4n) is 0.949. The van der Waals surface area contributed by atoms with Crippen LogP contribution in [0.3, 0.4) is 0 Å². The van der Waals surface area contributed by atoms with Crippen LogP contribution in [0.25, 0.3) is 0 Å². The van der Waals surface area contributed by atoms with Crippen LogP contribution in [-0.2, 0) is 0 Å². The second kappa shape index (κ2) is 9.30. The lowest BCUT2D eigenvalue weighted by Gasteiger charge is -2.09. The number of rotatable bonds is 8. The van der Waals surface area contributed by atoms with E-state index >= 15 is 0 Å². The molecule has 0 spiro atoms. The Kier molecular flexibility index (Phi) is 9.46. The predicted molar refractivity (Wildman–Crippen MR) is 56.0 cm³/mol. The molecule has 0 heterocycles. The van der Waals surface area contributed by atoms with Gasteiger partial charge in [-0.15, -0.1) is 11.6 Å². The maximum Gasteiger partial charge on any atom is 0.0223 e. The van der Waals surface area contributed by atoms with Crippen LogP contribution in [-0.4, -0.2) is 44.5 Å². The molecule has 12 heavy (non-hydrogen) atoms. The standard InChI is InChI=1S/C9H21ClN2/c1-12(2)9-8-11-7-5-3-4-6-10/h11H,3-9H2,1-2H3. The van der Waals surface area contributed by atoms with Crippen molar-refractivity contribution < 1.29 is 0 Å². The van der Waals surface area contributed by atoms with Crippen LogP contribution < -0.4 is 5.32 Å². The Morgan fingerprint density at radius 1 is 1.08 bits per heavy atom. The molecule has 2 nitrogen and oxygen atoms in total. The molecule has 0 aliphatic rings. The fourth-order valence-corrected chi connectivity index (χ4v) is 1.14. The first-order valence-corrected chi connectivity index (χ1v) is 5.22. The number of alkyl halides is 1. The van der Waals surface area contributed by atoms with Crippen molar-refractivity contribution in [2.45, 2.75) is 19.3 Å². The second-order valence-corrected chi connectivity index (χ2v) is 3.68. The number of unbranched alkanes of at least 4 members (excludes halogenated alkanes) is 2. The van der Waals surface area contributed by atoms with E-state index in [0.29, 0.717) is 0 Å². The molecule has 3 heteroatoms. The lowest BCUT2D eigenvalue weighted by atomic mass is 10.2. The topological polar surface area (TPSA) is 15.3 Å². The molecule has 0 unspecified atom stereocenters. The normalized spacial score (nSPS) is 11.0. The summed E-state index contributed by atoms with van der Waals surface area (Å²) in [4.78, 5) is 2.19. The van der Waals surface area contributed by atoms with E-state index in [2.05, 4.69) is 24.3 Å². The Morgan fingerprint density at radius 2 is 1.83 bits per heavy atom. The third kappa shape index (κ3) is 10.2. The molecule has 0 aliphatic carbocycles. The lowest BCUT2D eigenvalue weighted by molar-refractivity contribution is 0.399. The third-order valence-electron chi connectivity index (χ3n) is 1.72. The average Bonchev–Trinajstić information content (AvgIpc) is 2.02. The third-order valence-corrected chi connectivity index (χ3v) is 1.99. The molecule has 0 saturated heterocycles. The summed E-state index contributed by atoms with van der Waals surface area (Å²) in [6.07, 6.45) is 3.65. The van der Waals surface area contributed by atoms with Gasteiger partial charge in [0.15, 0.2) is 0 Å². The van der Waals surface area contributed by atoms with Gasteiger partial charge >= 0.3 is 0 Å². The summed E-state index contributed by atoms with van der Waals surface area (Å²) in [5, 5.41) is 3.39. The summed E-state index contributed by atoms with van der Waals surface area (Å²) >= 11 is 5.56. The van der Waals surface area contributed by atoms with Gasteiger partial charge in [0, 0.05) is 19.0 Å². The largest absolute Gasteiger partial charge is 0.315 e. The summed E-state index contributed by atoms with van der Waals surface area (Å²) < 4.78 is 0. The molecule has 0 bridgehead atoms. The number of hydrogen-bond acceptors (Lipinski definition) is 2. The SMILES string of the molecule is CN(C)CCNCCCCCCl. The van der Waals surface area contributed by atoms with E-state index in [9.17, 15) is 0 Å². The van der Waals surface area contributed by atoms with Crippen molar-refractivity contribution in [3.05, 3.63) is 0 Å². The van der Waals surface area contributed by atoms with Crippen molar-refractivity contribution in [2.75, 3.05) is 39.6 Å². The Labute approximate surface area is 81.3 Å². The highest BCUT2D eigenvalue weighted by molar-refractivity contribution is 6.17. The maximum absolute atomic E-state index is 5.56. The summed E-state index contributed by atoms with van der Waals surface area (Å²) in [5.74, 6) is 0.803. The van der Waals surface area contributed by atoms with Gasteiger partial charge in [0.1, 0.15) is 0 Å². The summed E-state index contributed by atoms with van der Waals surface area (Å²) in [6, 6.07) is 0. The first-order valence-electron chi connectivity index (χ1n) is 4.69. The Hall–Kier alpha value is 0.210. The molecule has 0 saturated carbocycles. The monoisotopic (exact) mass is 192 g/mol. The van der Waals surface area contributed by atoms with Crippen molar-refractivity contribution >= 4 is 11.6 Å². The minimum absolute atomic E-state index is 0.803. The zero-order chi connectivity index (χ0) is 9.23. The van der Waals surface area contributed by atoms with E-state index in [0.717, 1.165) is 31.9 Å². The Morgan fingerprint density at radius 3 is 2.42 bits per heavy atom. The van der Waals surface area contributed by atoms with Crippen LogP contribution >= 0.6 is 11.6 Å². The zero-order valence-corrected chi connectivity index (χ0v) is 9.03. The van der Waals surface area contributed by atoms with Gasteiger partial charge in [-0.2, -0.15) is 0 Å². The van der Waals surface area contributed by atoms with Crippen molar-refractivity contribution in [1.82, 2.24) is 10.2 Å². The summed E-state index contributed by atoms with van der Waals surface area (Å²) in [7, 11) is 4.18. The van der Waals surface area contributed by atoms with Crippen LogP contribution in [0.2, 0.25) is 0 Å². The number of nitrogens with zero attached hydrogens (tertiary/aromatic N) is 1. The minimum atomic E-state index is 0.803. The van der Waals surface area contributed by atoms with Gasteiger partial charge in [0.25, 0.3) is 0 Å². The van der Waals surface area contributed by atoms with Gasteiger partial charge < -0.3 is 10.2 Å². The van der Waals surface area contributed by atoms with Gasteiger partial charge in [0.05, 0.1) is 0 Å². The highest BCUT2D eigenvalue weighted by Gasteiger charge is 1.90. The molecule has 74 valence electrons. The van der Waals surface area contributed by atoms with Crippen LogP contribution in [0, 0.1) is 0 Å². The first kappa shape index (κ1) is 12.2. The smallest absolute Gasteiger partial charge is 0.0223 e. The number of nitrogens with one attached hydrogen (secondary N) is 1. The average molecular weight is 193 g/mol. The molecule has 0 fully saturated rings. The lowest BCUT2D eigenvalue weighted by Crippen LogP contribution is -2.27. The van der Waals surface area contributed by atoms with E-state index in [1.165, 1.54) is 12.8 Å². The highest BCUT2D eigenvalue weighted by Crippen LogP contribution is 1.94. The molecule has 0 aromatic carbocycles. The molecule has 0 amide bonds. The number of halogens is 1. The van der Waals surface area contributed by atoms with Gasteiger partial charge in [-0.1, -0.05) is 6.42 Å². The van der Waals surface area contributed by atoms with Crippen molar-refractivity contribution in [2.24, 2.45) is 0 Å². The van der Waals surface area contributed by atoms with E-state index in [4.69, 9.17) is 11.6 Å². The number of likely N-dealkylation sites (N-methyl/N-ethyl adjacent to an activating group) is 1. The Bertz CT molecular complexity index is 86.6.